The van der Waals surface area contributed by atoms with E-state index in [4.69, 9.17) is 4.74 Å². The van der Waals surface area contributed by atoms with E-state index in [-0.39, 0.29) is 11.9 Å². The molecule has 21 heavy (non-hydrogen) atoms. The zero-order valence-electron chi connectivity index (χ0n) is 12.0. The van der Waals surface area contributed by atoms with Crippen molar-refractivity contribution < 1.29 is 19.4 Å². The van der Waals surface area contributed by atoms with Gasteiger partial charge in [0.2, 0.25) is 0 Å². The molecule has 112 valence electrons. The predicted octanol–water partition coefficient (Wildman–Crippen LogP) is 2.09. The third-order valence-electron chi connectivity index (χ3n) is 4.74. The quantitative estimate of drug-likeness (QED) is 0.893. The van der Waals surface area contributed by atoms with E-state index in [1.165, 1.54) is 0 Å². The molecule has 2 atom stereocenters. The molecule has 1 saturated carbocycles. The smallest absolute Gasteiger partial charge is 0.311 e. The number of benzene rings is 1. The molecular formula is C16H19NO4. The summed E-state index contributed by atoms with van der Waals surface area (Å²) in [5.74, 6) is -1.04. The summed E-state index contributed by atoms with van der Waals surface area (Å²) in [7, 11) is 0. The highest BCUT2D eigenvalue weighted by Crippen LogP contribution is 2.38. The lowest BCUT2D eigenvalue weighted by atomic mass is 9.85. The van der Waals surface area contributed by atoms with Crippen molar-refractivity contribution in [3.8, 4) is 0 Å². The monoisotopic (exact) mass is 289 g/mol. The fourth-order valence-electron chi connectivity index (χ4n) is 3.21. The molecule has 1 aliphatic heterocycles. The Morgan fingerprint density at radius 3 is 2.86 bits per heavy atom. The van der Waals surface area contributed by atoms with Gasteiger partial charge in [0.05, 0.1) is 18.6 Å². The fraction of sp³-hybridized carbons (Fsp3) is 0.500. The number of hydrogen-bond donors (Lipinski definition) is 2. The summed E-state index contributed by atoms with van der Waals surface area (Å²) >= 11 is 0. The molecule has 3 rings (SSSR count). The Morgan fingerprint density at radius 2 is 2.10 bits per heavy atom. The standard InChI is InChI=1S/C16H19NO4/c1-16(15(19)20)6-2-3-13(16)17-14(18)10-4-5-11-8-21-9-12(11)7-10/h4-5,7,13H,2-3,6,8-9H2,1H3,(H,17,18)(H,19,20). The number of carboxylic acid groups (broad SMARTS) is 1. The van der Waals surface area contributed by atoms with Crippen molar-refractivity contribution >= 4 is 11.9 Å². The fourth-order valence-corrected chi connectivity index (χ4v) is 3.21. The number of rotatable bonds is 3. The molecule has 2 N–H and O–H groups in total. The van der Waals surface area contributed by atoms with Gasteiger partial charge in [-0.25, -0.2) is 0 Å². The molecular weight excluding hydrogens is 270 g/mol. The Labute approximate surface area is 123 Å². The topological polar surface area (TPSA) is 75.6 Å². The largest absolute Gasteiger partial charge is 0.481 e. The average Bonchev–Trinajstić information content (AvgIpc) is 3.06. The first-order valence-corrected chi connectivity index (χ1v) is 7.24. The molecule has 1 aromatic carbocycles. The number of carbonyl (C=O) groups is 2. The van der Waals surface area contributed by atoms with Gasteiger partial charge in [0, 0.05) is 11.6 Å². The first kappa shape index (κ1) is 14.1. The molecule has 1 heterocycles. The van der Waals surface area contributed by atoms with E-state index in [0.29, 0.717) is 31.6 Å². The van der Waals surface area contributed by atoms with Gasteiger partial charge >= 0.3 is 5.97 Å². The van der Waals surface area contributed by atoms with Crippen molar-refractivity contribution in [3.63, 3.8) is 0 Å². The Hall–Kier alpha value is -1.88. The number of carbonyl (C=O) groups excluding carboxylic acids is 1. The number of carboxylic acids is 1. The average molecular weight is 289 g/mol. The van der Waals surface area contributed by atoms with Gasteiger partial charge in [0.15, 0.2) is 0 Å². The van der Waals surface area contributed by atoms with Crippen LogP contribution >= 0.6 is 0 Å². The normalized spacial score (nSPS) is 27.4. The number of nitrogens with one attached hydrogen (secondary N) is 1. The minimum atomic E-state index is -0.866. The lowest BCUT2D eigenvalue weighted by molar-refractivity contribution is -0.148. The van der Waals surface area contributed by atoms with Gasteiger partial charge in [0.25, 0.3) is 5.91 Å². The van der Waals surface area contributed by atoms with Gasteiger partial charge in [-0.2, -0.15) is 0 Å². The first-order valence-electron chi connectivity index (χ1n) is 7.24. The molecule has 1 amide bonds. The van der Waals surface area contributed by atoms with Crippen LogP contribution in [-0.4, -0.2) is 23.0 Å². The third kappa shape index (κ3) is 2.42. The molecule has 0 saturated heterocycles. The van der Waals surface area contributed by atoms with Crippen LogP contribution in [-0.2, 0) is 22.7 Å². The second-order valence-electron chi connectivity index (χ2n) is 6.12. The predicted molar refractivity (Wildman–Crippen MR) is 75.8 cm³/mol. The molecule has 2 aliphatic rings. The molecule has 0 aromatic heterocycles. The number of fused-ring (bicyclic) bond motifs is 1. The lowest BCUT2D eigenvalue weighted by Crippen LogP contribution is -2.47. The number of aliphatic carboxylic acids is 1. The van der Waals surface area contributed by atoms with E-state index in [1.807, 2.05) is 12.1 Å². The summed E-state index contributed by atoms with van der Waals surface area (Å²) in [6.07, 6.45) is 2.14. The van der Waals surface area contributed by atoms with E-state index in [9.17, 15) is 14.7 Å². The van der Waals surface area contributed by atoms with E-state index in [0.717, 1.165) is 17.5 Å². The van der Waals surface area contributed by atoms with E-state index in [2.05, 4.69) is 5.32 Å². The van der Waals surface area contributed by atoms with E-state index < -0.39 is 11.4 Å². The summed E-state index contributed by atoms with van der Waals surface area (Å²) in [6.45, 7) is 2.84. The Morgan fingerprint density at radius 1 is 1.33 bits per heavy atom. The molecule has 0 radical (unpaired) electrons. The second-order valence-corrected chi connectivity index (χ2v) is 6.12. The molecule has 2 unspecified atom stereocenters. The summed E-state index contributed by atoms with van der Waals surface area (Å²) in [4.78, 5) is 23.8. The van der Waals surface area contributed by atoms with Crippen molar-refractivity contribution in [2.45, 2.75) is 45.4 Å². The van der Waals surface area contributed by atoms with Crippen molar-refractivity contribution in [2.75, 3.05) is 0 Å². The van der Waals surface area contributed by atoms with Crippen LogP contribution in [0.25, 0.3) is 0 Å². The van der Waals surface area contributed by atoms with Gasteiger partial charge < -0.3 is 15.2 Å². The Balaban J connectivity index is 1.76. The summed E-state index contributed by atoms with van der Waals surface area (Å²) in [6, 6.07) is 5.20. The van der Waals surface area contributed by atoms with Crippen LogP contribution in [0.3, 0.4) is 0 Å². The Bertz CT molecular complexity index is 598. The van der Waals surface area contributed by atoms with Gasteiger partial charge in [-0.05, 0) is 43.0 Å². The highest BCUT2D eigenvalue weighted by atomic mass is 16.5. The van der Waals surface area contributed by atoms with E-state index in [1.54, 1.807) is 13.0 Å². The maximum absolute atomic E-state index is 12.4. The molecule has 0 bridgehead atoms. The van der Waals surface area contributed by atoms with Crippen LogP contribution in [0.5, 0.6) is 0 Å². The molecule has 5 heteroatoms. The summed E-state index contributed by atoms with van der Waals surface area (Å²) < 4.78 is 5.34. The van der Waals surface area contributed by atoms with Crippen molar-refractivity contribution in [3.05, 3.63) is 34.9 Å². The van der Waals surface area contributed by atoms with Crippen LogP contribution in [0.2, 0.25) is 0 Å². The SMILES string of the molecule is CC1(C(=O)O)CCCC1NC(=O)c1ccc2c(c1)COC2. The molecule has 1 aliphatic carbocycles. The highest BCUT2D eigenvalue weighted by Gasteiger charge is 2.45. The third-order valence-corrected chi connectivity index (χ3v) is 4.74. The number of hydrogen-bond acceptors (Lipinski definition) is 3. The second kappa shape index (κ2) is 5.15. The van der Waals surface area contributed by atoms with Crippen LogP contribution in [0.4, 0.5) is 0 Å². The maximum Gasteiger partial charge on any atom is 0.311 e. The van der Waals surface area contributed by atoms with Crippen molar-refractivity contribution in [1.82, 2.24) is 5.32 Å². The van der Waals surface area contributed by atoms with Gasteiger partial charge in [-0.15, -0.1) is 0 Å². The van der Waals surface area contributed by atoms with Crippen molar-refractivity contribution in [2.24, 2.45) is 5.41 Å². The zero-order valence-corrected chi connectivity index (χ0v) is 12.0. The van der Waals surface area contributed by atoms with Gasteiger partial charge in [-0.1, -0.05) is 12.5 Å². The van der Waals surface area contributed by atoms with Crippen LogP contribution < -0.4 is 5.32 Å². The van der Waals surface area contributed by atoms with Crippen LogP contribution in [0.1, 0.15) is 47.7 Å². The minimum Gasteiger partial charge on any atom is -0.481 e. The number of ether oxygens (including phenoxy) is 1. The van der Waals surface area contributed by atoms with Crippen molar-refractivity contribution in [1.29, 1.82) is 0 Å². The molecule has 1 aromatic rings. The zero-order chi connectivity index (χ0) is 15.0. The first-order chi connectivity index (χ1) is 10.0. The maximum atomic E-state index is 12.4. The molecule has 5 nitrogen and oxygen atoms in total. The van der Waals surface area contributed by atoms with E-state index >= 15 is 0 Å². The number of amides is 1. The minimum absolute atomic E-state index is 0.205. The molecule has 0 spiro atoms. The lowest BCUT2D eigenvalue weighted by Gasteiger charge is -2.27. The molecule has 1 fully saturated rings. The highest BCUT2D eigenvalue weighted by molar-refractivity contribution is 5.95. The summed E-state index contributed by atoms with van der Waals surface area (Å²) in [5, 5.41) is 12.3. The van der Waals surface area contributed by atoms with Crippen LogP contribution in [0.15, 0.2) is 18.2 Å². The Kier molecular flexibility index (Phi) is 3.45. The summed E-state index contributed by atoms with van der Waals surface area (Å²) in [5.41, 5.74) is 1.85. The van der Waals surface area contributed by atoms with Crippen LogP contribution in [0, 0.1) is 5.41 Å². The van der Waals surface area contributed by atoms with Gasteiger partial charge in [0.1, 0.15) is 0 Å². The van der Waals surface area contributed by atoms with Gasteiger partial charge in [-0.3, -0.25) is 9.59 Å².